The summed E-state index contributed by atoms with van der Waals surface area (Å²) in [5.41, 5.74) is 10.8. The Morgan fingerprint density at radius 1 is 0.700 bits per heavy atom. The number of para-hydroxylation sites is 1. The predicted molar refractivity (Wildman–Crippen MR) is 180 cm³/mol. The van der Waals surface area contributed by atoms with E-state index < -0.39 is 16.1 Å². The first-order valence-corrected chi connectivity index (χ1v) is 21.1. The molecule has 2 aliphatic heterocycles. The van der Waals surface area contributed by atoms with Gasteiger partial charge in [-0.2, -0.15) is 0 Å². The maximum Gasteiger partial charge on any atom is 0.240 e. The van der Waals surface area contributed by atoms with E-state index in [4.69, 9.17) is 0 Å². The van der Waals surface area contributed by atoms with Crippen LogP contribution in [0.15, 0.2) is 84.9 Å². The summed E-state index contributed by atoms with van der Waals surface area (Å²) in [5, 5.41) is 8.14. The minimum Gasteiger partial charge on any atom is -0.313 e. The van der Waals surface area contributed by atoms with Crippen LogP contribution in [-0.2, 0) is 12.8 Å². The fourth-order valence-corrected chi connectivity index (χ4v) is 15.8. The quantitative estimate of drug-likeness (QED) is 0.230. The van der Waals surface area contributed by atoms with Crippen molar-refractivity contribution >= 4 is 70.9 Å². The molecular formula is C36H38BNSi2. The van der Waals surface area contributed by atoms with Crippen molar-refractivity contribution in [1.29, 1.82) is 0 Å². The summed E-state index contributed by atoms with van der Waals surface area (Å²) < 4.78 is 2.64. The molecule has 1 aliphatic carbocycles. The Labute approximate surface area is 241 Å². The minimum absolute atomic E-state index is 0.359. The molecule has 1 aromatic heterocycles. The van der Waals surface area contributed by atoms with Crippen LogP contribution in [0.5, 0.6) is 0 Å². The van der Waals surface area contributed by atoms with Crippen LogP contribution in [-0.4, -0.2) is 27.4 Å². The normalized spacial score (nSPS) is 20.4. The Kier molecular flexibility index (Phi) is 5.38. The van der Waals surface area contributed by atoms with E-state index in [-0.39, 0.29) is 0 Å². The molecule has 4 aromatic carbocycles. The van der Waals surface area contributed by atoms with Gasteiger partial charge in [-0.05, 0) is 49.4 Å². The van der Waals surface area contributed by atoms with Crippen LogP contribution in [0.4, 0.5) is 0 Å². The van der Waals surface area contributed by atoms with Crippen molar-refractivity contribution in [1.82, 2.24) is 4.57 Å². The second kappa shape index (κ2) is 8.71. The van der Waals surface area contributed by atoms with Gasteiger partial charge in [-0.25, -0.2) is 0 Å². The zero-order valence-electron chi connectivity index (χ0n) is 24.4. The van der Waals surface area contributed by atoms with E-state index in [0.29, 0.717) is 6.71 Å². The summed E-state index contributed by atoms with van der Waals surface area (Å²) in [7, 11) is -3.71. The van der Waals surface area contributed by atoms with Crippen LogP contribution in [0.2, 0.25) is 25.7 Å². The van der Waals surface area contributed by atoms with Gasteiger partial charge in [0, 0.05) is 16.8 Å². The molecule has 0 spiro atoms. The Morgan fingerprint density at radius 2 is 1.43 bits per heavy atom. The van der Waals surface area contributed by atoms with Gasteiger partial charge in [0.15, 0.2) is 0 Å². The standard InChI is InChI=1S/C36H38BNSi2/c1-5-40(4)32-19-12-10-16-28(32)37-29-23-22-25(24-35(29)39(2,3)33-20-13-21-34(40)36(33)37)38-30-17-8-6-7-14-26(30)27-15-9-11-18-31(27)38/h9-13,15-16,18-24H,5-8,14,17H2,1-4H3. The Hall–Kier alpha value is -3.08. The van der Waals surface area contributed by atoms with Crippen LogP contribution < -0.4 is 37.1 Å². The summed E-state index contributed by atoms with van der Waals surface area (Å²) in [6, 6.07) is 34.9. The van der Waals surface area contributed by atoms with E-state index in [0.717, 1.165) is 0 Å². The van der Waals surface area contributed by atoms with Crippen LogP contribution in [0.1, 0.15) is 37.4 Å². The van der Waals surface area contributed by atoms with Gasteiger partial charge < -0.3 is 4.57 Å². The summed E-state index contributed by atoms with van der Waals surface area (Å²) in [6.45, 7) is 10.6. The van der Waals surface area contributed by atoms with Crippen molar-refractivity contribution in [2.75, 3.05) is 0 Å². The summed E-state index contributed by atoms with van der Waals surface area (Å²) in [5.74, 6) is 0. The van der Waals surface area contributed by atoms with Gasteiger partial charge in [0.25, 0.3) is 0 Å². The third kappa shape index (κ3) is 3.15. The lowest BCUT2D eigenvalue weighted by atomic mass is 9.36. The van der Waals surface area contributed by atoms with E-state index in [9.17, 15) is 0 Å². The van der Waals surface area contributed by atoms with E-state index in [1.165, 1.54) is 54.7 Å². The van der Waals surface area contributed by atoms with Gasteiger partial charge in [-0.1, -0.05) is 143 Å². The summed E-state index contributed by atoms with van der Waals surface area (Å²) >= 11 is 0. The molecule has 3 aliphatic rings. The molecule has 0 amide bonds. The first-order valence-electron chi connectivity index (χ1n) is 15.4. The molecule has 4 heteroatoms. The minimum atomic E-state index is -1.93. The molecule has 5 aromatic rings. The summed E-state index contributed by atoms with van der Waals surface area (Å²) in [4.78, 5) is 0. The largest absolute Gasteiger partial charge is 0.313 e. The molecule has 3 heterocycles. The average molecular weight is 552 g/mol. The van der Waals surface area contributed by atoms with E-state index in [2.05, 4.69) is 116 Å². The molecule has 1 unspecified atom stereocenters. The summed E-state index contributed by atoms with van der Waals surface area (Å²) in [6.07, 6.45) is 6.34. The maximum atomic E-state index is 2.64. The lowest BCUT2D eigenvalue weighted by Gasteiger charge is -2.46. The molecule has 198 valence electrons. The van der Waals surface area contributed by atoms with Crippen LogP contribution in [0.25, 0.3) is 16.6 Å². The molecule has 1 nitrogen and oxygen atoms in total. The van der Waals surface area contributed by atoms with Crippen LogP contribution >= 0.6 is 0 Å². The number of hydrogen-bond donors (Lipinski definition) is 0. The topological polar surface area (TPSA) is 4.93 Å². The number of benzene rings is 4. The highest BCUT2D eigenvalue weighted by molar-refractivity contribution is 7.21. The monoisotopic (exact) mass is 551 g/mol. The molecule has 0 N–H and O–H groups in total. The highest BCUT2D eigenvalue weighted by atomic mass is 28.3. The molecule has 0 fully saturated rings. The van der Waals surface area contributed by atoms with E-state index in [1.54, 1.807) is 48.4 Å². The fraction of sp³-hybridized carbons (Fsp3) is 0.278. The second-order valence-corrected chi connectivity index (χ2v) is 22.0. The number of aromatic nitrogens is 1. The van der Waals surface area contributed by atoms with Crippen molar-refractivity contribution in [3.8, 4) is 5.69 Å². The second-order valence-electron chi connectivity index (χ2n) is 13.2. The van der Waals surface area contributed by atoms with Gasteiger partial charge in [0.2, 0.25) is 6.71 Å². The third-order valence-electron chi connectivity index (χ3n) is 10.9. The number of fused-ring (bicyclic) bond motifs is 7. The van der Waals surface area contributed by atoms with E-state index >= 15 is 0 Å². The highest BCUT2D eigenvalue weighted by Crippen LogP contribution is 2.34. The molecule has 8 rings (SSSR count). The zero-order chi connectivity index (χ0) is 27.2. The van der Waals surface area contributed by atoms with Crippen molar-refractivity contribution in [3.05, 3.63) is 96.2 Å². The first kappa shape index (κ1) is 24.7. The highest BCUT2D eigenvalue weighted by Gasteiger charge is 2.50. The molecule has 1 atom stereocenters. The van der Waals surface area contributed by atoms with Gasteiger partial charge in [0.1, 0.15) is 16.1 Å². The Morgan fingerprint density at radius 3 is 2.30 bits per heavy atom. The molecule has 40 heavy (non-hydrogen) atoms. The fourth-order valence-electron chi connectivity index (χ4n) is 8.75. The SMILES string of the molecule is CC[Si]1(C)c2ccccc2B2c3ccc(-n4c5c(c6ccccc64)CCCCC5)cc3[Si](C)(C)c3cccc1c32. The molecular weight excluding hydrogens is 513 g/mol. The van der Waals surface area contributed by atoms with Crippen molar-refractivity contribution in [2.45, 2.75) is 64.7 Å². The van der Waals surface area contributed by atoms with Gasteiger partial charge in [-0.15, -0.1) is 0 Å². The number of rotatable bonds is 2. The van der Waals surface area contributed by atoms with Crippen LogP contribution in [0, 0.1) is 0 Å². The number of nitrogens with zero attached hydrogens (tertiary/aromatic N) is 1. The molecule has 0 saturated heterocycles. The first-order chi connectivity index (χ1) is 19.4. The van der Waals surface area contributed by atoms with Gasteiger partial charge in [-0.3, -0.25) is 0 Å². The van der Waals surface area contributed by atoms with Crippen molar-refractivity contribution < 1.29 is 0 Å². The lowest BCUT2D eigenvalue weighted by molar-refractivity contribution is 0.704. The zero-order valence-corrected chi connectivity index (χ0v) is 26.4. The van der Waals surface area contributed by atoms with Gasteiger partial charge >= 0.3 is 0 Å². The molecule has 0 radical (unpaired) electrons. The van der Waals surface area contributed by atoms with Crippen molar-refractivity contribution in [2.24, 2.45) is 0 Å². The van der Waals surface area contributed by atoms with E-state index in [1.807, 2.05) is 0 Å². The molecule has 0 saturated carbocycles. The smallest absolute Gasteiger partial charge is 0.240 e. The molecule has 0 bridgehead atoms. The Balaban J connectivity index is 1.41. The lowest BCUT2D eigenvalue weighted by Crippen LogP contribution is -2.86. The number of hydrogen-bond acceptors (Lipinski definition) is 0. The average Bonchev–Trinajstić information content (AvgIpc) is 3.11. The number of aryl methyl sites for hydroxylation is 1. The van der Waals surface area contributed by atoms with Crippen LogP contribution in [0.3, 0.4) is 0 Å². The third-order valence-corrected chi connectivity index (χ3v) is 19.2. The predicted octanol–water partition coefficient (Wildman–Crippen LogP) is 4.08. The Bertz CT molecular complexity index is 1830. The van der Waals surface area contributed by atoms with Crippen molar-refractivity contribution in [3.63, 3.8) is 0 Å². The maximum absolute atomic E-state index is 2.64. The van der Waals surface area contributed by atoms with Gasteiger partial charge in [0.05, 0.1) is 5.52 Å².